The van der Waals surface area contributed by atoms with E-state index >= 15 is 0 Å². The molecule has 3 aliphatic rings. The summed E-state index contributed by atoms with van der Waals surface area (Å²) in [6.45, 7) is 14.9. The Bertz CT molecular complexity index is 1980. The molecule has 0 bridgehead atoms. The van der Waals surface area contributed by atoms with Crippen LogP contribution in [0.3, 0.4) is 0 Å². The molecule has 0 unspecified atom stereocenters. The van der Waals surface area contributed by atoms with Gasteiger partial charge in [0.25, 0.3) is 0 Å². The Hall–Kier alpha value is -5.26. The molecule has 7 rings (SSSR count). The van der Waals surface area contributed by atoms with Gasteiger partial charge in [-0.2, -0.15) is 9.97 Å². The van der Waals surface area contributed by atoms with Crippen LogP contribution in [0.2, 0.25) is 0 Å². The zero-order valence-electron chi connectivity index (χ0n) is 33.5. The number of fused-ring (bicyclic) bond motifs is 2. The number of carbonyl (C=O) groups is 2. The van der Waals surface area contributed by atoms with E-state index in [-0.39, 0.29) is 36.9 Å². The van der Waals surface area contributed by atoms with Gasteiger partial charge in [0.1, 0.15) is 29.9 Å². The van der Waals surface area contributed by atoms with Crippen molar-refractivity contribution in [2.24, 2.45) is 0 Å². The molecular formula is C44H56N6O6. The van der Waals surface area contributed by atoms with Crippen molar-refractivity contribution in [3.8, 4) is 11.8 Å². The molecule has 12 nitrogen and oxygen atoms in total. The Kier molecular flexibility index (Phi) is 12.0. The van der Waals surface area contributed by atoms with E-state index in [1.165, 1.54) is 0 Å². The third-order valence-electron chi connectivity index (χ3n) is 10.7. The predicted molar refractivity (Wildman–Crippen MR) is 218 cm³/mol. The van der Waals surface area contributed by atoms with Crippen molar-refractivity contribution >= 4 is 34.5 Å². The number of aromatic nitrogens is 2. The topological polar surface area (TPSA) is 110 Å². The molecule has 0 aliphatic carbocycles. The van der Waals surface area contributed by atoms with Crippen molar-refractivity contribution in [1.29, 1.82) is 0 Å². The third kappa shape index (κ3) is 9.22. The fourth-order valence-corrected chi connectivity index (χ4v) is 7.84. The molecule has 0 saturated carbocycles. The Morgan fingerprint density at radius 1 is 0.893 bits per heavy atom. The Morgan fingerprint density at radius 2 is 1.66 bits per heavy atom. The van der Waals surface area contributed by atoms with Crippen molar-refractivity contribution in [2.45, 2.75) is 97.6 Å². The van der Waals surface area contributed by atoms with Crippen LogP contribution in [0.4, 0.5) is 21.1 Å². The minimum Gasteiger partial charge on any atom is -0.493 e. The van der Waals surface area contributed by atoms with Gasteiger partial charge in [-0.1, -0.05) is 67.9 Å². The molecule has 4 heterocycles. The van der Waals surface area contributed by atoms with Crippen LogP contribution in [-0.4, -0.2) is 95.6 Å². The van der Waals surface area contributed by atoms with Gasteiger partial charge in [0.2, 0.25) is 0 Å². The van der Waals surface area contributed by atoms with E-state index in [1.807, 2.05) is 58.0 Å². The number of benzene rings is 3. The van der Waals surface area contributed by atoms with Gasteiger partial charge in [0.05, 0.1) is 24.9 Å². The summed E-state index contributed by atoms with van der Waals surface area (Å²) in [5.74, 6) is 1.71. The van der Waals surface area contributed by atoms with E-state index in [2.05, 4.69) is 53.1 Å². The fourth-order valence-electron chi connectivity index (χ4n) is 7.84. The van der Waals surface area contributed by atoms with Crippen molar-refractivity contribution in [1.82, 2.24) is 19.8 Å². The van der Waals surface area contributed by atoms with Crippen molar-refractivity contribution < 1.29 is 28.5 Å². The van der Waals surface area contributed by atoms with Crippen LogP contribution >= 0.6 is 0 Å². The number of anilines is 2. The average molecular weight is 765 g/mol. The molecule has 0 N–H and O–H groups in total. The largest absolute Gasteiger partial charge is 0.493 e. The van der Waals surface area contributed by atoms with E-state index in [1.54, 1.807) is 9.80 Å². The van der Waals surface area contributed by atoms with Crippen LogP contribution in [0.5, 0.6) is 11.8 Å². The fraction of sp³-hybridized carbons (Fsp3) is 0.500. The lowest BCUT2D eigenvalue weighted by Gasteiger charge is -2.38. The summed E-state index contributed by atoms with van der Waals surface area (Å²) in [6.07, 6.45) is 3.48. The van der Waals surface area contributed by atoms with Gasteiger partial charge in [-0.15, -0.1) is 0 Å². The minimum atomic E-state index is -0.591. The minimum absolute atomic E-state index is 0.170. The smallest absolute Gasteiger partial charge is 0.410 e. The highest BCUT2D eigenvalue weighted by molar-refractivity contribution is 5.96. The van der Waals surface area contributed by atoms with E-state index in [0.29, 0.717) is 45.9 Å². The number of carbonyl (C=O) groups excluding carboxylic acids is 2. The van der Waals surface area contributed by atoms with Crippen LogP contribution in [0.15, 0.2) is 66.7 Å². The van der Waals surface area contributed by atoms with Gasteiger partial charge in [0, 0.05) is 62.0 Å². The molecule has 2 saturated heterocycles. The summed E-state index contributed by atoms with van der Waals surface area (Å²) >= 11 is 0. The van der Waals surface area contributed by atoms with E-state index < -0.39 is 5.60 Å². The van der Waals surface area contributed by atoms with Crippen LogP contribution in [0.25, 0.3) is 10.8 Å². The number of hydrogen-bond donors (Lipinski definition) is 0. The molecule has 4 aromatic rings. The molecule has 2 fully saturated rings. The van der Waals surface area contributed by atoms with E-state index in [0.717, 1.165) is 83.5 Å². The maximum absolute atomic E-state index is 13.2. The monoisotopic (exact) mass is 764 g/mol. The normalized spacial score (nSPS) is 17.8. The Morgan fingerprint density at radius 3 is 2.43 bits per heavy atom. The lowest BCUT2D eigenvalue weighted by atomic mass is 10.0. The molecule has 1 aromatic heterocycles. The van der Waals surface area contributed by atoms with E-state index in [9.17, 15) is 9.59 Å². The van der Waals surface area contributed by atoms with Crippen molar-refractivity contribution in [3.05, 3.63) is 83.6 Å². The SMILES string of the molecule is CCCCOc1cc(N2CCc3c(nc(O[C@H](C)[C@H]4CCCN4C(=O)OC(C)(C)C)nc3N3CCN(C(=O)OCc4ccccc4)CC3)C2)c2ccccc2c1. The number of hydrogen-bond acceptors (Lipinski definition) is 10. The molecule has 298 valence electrons. The van der Waals surface area contributed by atoms with E-state index in [4.69, 9.17) is 28.9 Å². The number of rotatable bonds is 11. The number of likely N-dealkylation sites (tertiary alicyclic amines) is 1. The maximum atomic E-state index is 13.2. The van der Waals surface area contributed by atoms with Gasteiger partial charge < -0.3 is 38.5 Å². The second-order valence-electron chi connectivity index (χ2n) is 16.0. The number of ether oxygens (including phenoxy) is 4. The summed E-state index contributed by atoms with van der Waals surface area (Å²) in [5, 5.41) is 2.30. The van der Waals surface area contributed by atoms with Crippen molar-refractivity contribution in [2.75, 3.05) is 55.7 Å². The first-order valence-electron chi connectivity index (χ1n) is 20.2. The molecular weight excluding hydrogens is 709 g/mol. The highest BCUT2D eigenvalue weighted by Gasteiger charge is 2.37. The quantitative estimate of drug-likeness (QED) is 0.139. The zero-order chi connectivity index (χ0) is 39.2. The Balaban J connectivity index is 1.14. The number of piperazine rings is 1. The first kappa shape index (κ1) is 39.0. The Labute approximate surface area is 330 Å². The predicted octanol–water partition coefficient (Wildman–Crippen LogP) is 8.00. The zero-order valence-corrected chi connectivity index (χ0v) is 33.5. The standard InChI is InChI=1S/C44H56N6O6/c1-6-7-26-53-34-27-33-16-11-12-17-35(33)39(28-34)49-21-19-36-37(29-49)45-41(55-31(2)38-18-13-20-50(38)43(52)56-44(3,4)5)46-40(36)47-22-24-48(25-23-47)42(51)54-30-32-14-9-8-10-15-32/h8-12,14-17,27-28,31,38H,6-7,13,18-26,29-30H2,1-5H3/t31-,38-/m1/s1. The first-order valence-corrected chi connectivity index (χ1v) is 20.2. The first-order chi connectivity index (χ1) is 27.1. The lowest BCUT2D eigenvalue weighted by molar-refractivity contribution is 0.0102. The van der Waals surface area contributed by atoms with Gasteiger partial charge in [0.15, 0.2) is 0 Å². The molecule has 0 radical (unpaired) electrons. The molecule has 0 spiro atoms. The van der Waals surface area contributed by atoms with Gasteiger partial charge in [-0.25, -0.2) is 9.59 Å². The van der Waals surface area contributed by atoms with Crippen LogP contribution < -0.4 is 19.3 Å². The van der Waals surface area contributed by atoms with Crippen LogP contribution in [0, 0.1) is 0 Å². The summed E-state index contributed by atoms with van der Waals surface area (Å²) in [4.78, 5) is 44.6. The lowest BCUT2D eigenvalue weighted by Crippen LogP contribution is -2.50. The van der Waals surface area contributed by atoms with Crippen molar-refractivity contribution in [3.63, 3.8) is 0 Å². The molecule has 3 aliphatic heterocycles. The number of nitrogens with zero attached hydrogens (tertiary/aromatic N) is 6. The van der Waals surface area contributed by atoms with Gasteiger partial charge in [-0.3, -0.25) is 0 Å². The summed E-state index contributed by atoms with van der Waals surface area (Å²) in [5.41, 5.74) is 3.48. The average Bonchev–Trinajstić information content (AvgIpc) is 3.70. The summed E-state index contributed by atoms with van der Waals surface area (Å²) in [6, 6.07) is 22.6. The molecule has 2 atom stereocenters. The molecule has 56 heavy (non-hydrogen) atoms. The number of unbranched alkanes of at least 4 members (excludes halogenated alkanes) is 1. The van der Waals surface area contributed by atoms with Gasteiger partial charge >= 0.3 is 18.2 Å². The van der Waals surface area contributed by atoms with Crippen LogP contribution in [-0.2, 0) is 29.0 Å². The molecule has 12 heteroatoms. The third-order valence-corrected chi connectivity index (χ3v) is 10.7. The highest BCUT2D eigenvalue weighted by atomic mass is 16.6. The van der Waals surface area contributed by atoms with Crippen LogP contribution in [0.1, 0.15) is 77.1 Å². The second kappa shape index (κ2) is 17.3. The maximum Gasteiger partial charge on any atom is 0.410 e. The summed E-state index contributed by atoms with van der Waals surface area (Å²) in [7, 11) is 0. The highest BCUT2D eigenvalue weighted by Crippen LogP contribution is 2.37. The number of amides is 2. The molecule has 2 amide bonds. The van der Waals surface area contributed by atoms with Gasteiger partial charge in [-0.05, 0) is 70.4 Å². The molecule has 3 aromatic carbocycles. The second-order valence-corrected chi connectivity index (χ2v) is 16.0. The summed E-state index contributed by atoms with van der Waals surface area (Å²) < 4.78 is 24.2.